The SMILES string of the molecule is C[C@H](CC[C@]1(O)O[C@H]2C[C@H]3[C@@H]4CC=C5C[C@H](O[C@H]6O[C@@H](CO)[C@H](O)[C@@H](O)[C@@H]6O[C@H]6O[C@@H](C)[C@H](O)[C@@H](O)[C@@H]6O)CC[C@@]5(C)[C@H]4CC[C@@]3(C)[C@H]2[C@@H]1C)CO[C@H]1O[C@@H](CO)[C@H](O)[C@@H](O)[C@@H]1O. The van der Waals surface area contributed by atoms with Crippen LogP contribution in [0, 0.1) is 46.3 Å². The third-order valence-corrected chi connectivity index (χ3v) is 17.4. The van der Waals surface area contributed by atoms with Gasteiger partial charge in [-0.05, 0) is 98.7 Å². The van der Waals surface area contributed by atoms with Crippen LogP contribution in [0.25, 0.3) is 0 Å². The first-order valence-electron chi connectivity index (χ1n) is 23.4. The van der Waals surface area contributed by atoms with E-state index < -0.39 is 111 Å². The number of allylic oxidation sites excluding steroid dienone is 1. The molecule has 0 unspecified atom stereocenters. The molecule has 0 aromatic heterocycles. The number of rotatable bonds is 12. The number of hydrogen-bond donors (Lipinski definition) is 11. The number of aliphatic hydroxyl groups is 11. The van der Waals surface area contributed by atoms with Gasteiger partial charge in [-0.15, -0.1) is 0 Å². The molecule has 8 rings (SSSR count). The molecular formula is C45H74O18. The summed E-state index contributed by atoms with van der Waals surface area (Å²) in [5.74, 6) is 0.0506. The minimum Gasteiger partial charge on any atom is -0.394 e. The lowest BCUT2D eigenvalue weighted by Crippen LogP contribution is -2.64. The highest BCUT2D eigenvalue weighted by atomic mass is 16.8. The highest BCUT2D eigenvalue weighted by molar-refractivity contribution is 5.26. The summed E-state index contributed by atoms with van der Waals surface area (Å²) in [4.78, 5) is 0. The smallest absolute Gasteiger partial charge is 0.187 e. The van der Waals surface area contributed by atoms with Crippen LogP contribution in [-0.4, -0.2) is 186 Å². The Morgan fingerprint density at radius 2 is 1.40 bits per heavy atom. The summed E-state index contributed by atoms with van der Waals surface area (Å²) in [5.41, 5.74) is 1.23. The van der Waals surface area contributed by atoms with Crippen LogP contribution in [0.2, 0.25) is 0 Å². The van der Waals surface area contributed by atoms with E-state index in [9.17, 15) is 56.2 Å². The normalized spacial score (nSPS) is 55.0. The molecule has 4 heterocycles. The molecule has 63 heavy (non-hydrogen) atoms. The summed E-state index contributed by atoms with van der Waals surface area (Å²) >= 11 is 0. The molecule has 4 aliphatic heterocycles. The van der Waals surface area contributed by atoms with E-state index in [2.05, 4.69) is 26.8 Å². The standard InChI is InChI=1S/C45H74O18/c1-19(18-57-40-37(54)35(52)32(49)28(16-46)60-40)8-13-45(56)20(2)30-27(63-45)15-26-24-7-6-22-14-23(9-11-43(22,4)25(24)10-12-44(26,30)5)59-42-39(36(53)33(50)29(17-47)61-42)62-41-38(55)34(51)31(48)21(3)58-41/h6,19-21,23-42,46-56H,7-18H2,1-5H3/t19-,20+,21+,23-,24-,25+,26+,27+,28+,29+,30+,31+,32+,33+,34-,35-,36-,37+,38+,39+,40+,41-,42+,43-,44-,45+/m1/s1. The van der Waals surface area contributed by atoms with Crippen LogP contribution in [0.1, 0.15) is 92.4 Å². The van der Waals surface area contributed by atoms with Crippen molar-refractivity contribution in [2.75, 3.05) is 19.8 Å². The average molecular weight is 903 g/mol. The fourth-order valence-electron chi connectivity index (χ4n) is 13.5. The molecule has 8 aliphatic rings. The van der Waals surface area contributed by atoms with Crippen LogP contribution in [-0.2, 0) is 33.2 Å². The van der Waals surface area contributed by atoms with Crippen molar-refractivity contribution in [2.24, 2.45) is 46.3 Å². The van der Waals surface area contributed by atoms with E-state index in [4.69, 9.17) is 33.2 Å². The van der Waals surface area contributed by atoms with Crippen molar-refractivity contribution in [2.45, 2.75) is 203 Å². The summed E-state index contributed by atoms with van der Waals surface area (Å²) < 4.78 is 42.1. The van der Waals surface area contributed by atoms with Gasteiger partial charge in [0.25, 0.3) is 0 Å². The van der Waals surface area contributed by atoms with Crippen molar-refractivity contribution < 1.29 is 89.3 Å². The molecule has 0 aromatic carbocycles. The summed E-state index contributed by atoms with van der Waals surface area (Å²) in [6.07, 6.45) is -11.5. The van der Waals surface area contributed by atoms with Gasteiger partial charge in [0.15, 0.2) is 24.7 Å². The summed E-state index contributed by atoms with van der Waals surface area (Å²) in [7, 11) is 0. The Morgan fingerprint density at radius 1 is 0.746 bits per heavy atom. The van der Waals surface area contributed by atoms with Crippen molar-refractivity contribution in [3.63, 3.8) is 0 Å². The maximum Gasteiger partial charge on any atom is 0.187 e. The van der Waals surface area contributed by atoms with Gasteiger partial charge in [0, 0.05) is 12.3 Å². The van der Waals surface area contributed by atoms with Gasteiger partial charge < -0.3 is 89.3 Å². The first kappa shape index (κ1) is 48.5. The Morgan fingerprint density at radius 3 is 2.10 bits per heavy atom. The van der Waals surface area contributed by atoms with E-state index in [0.29, 0.717) is 43.4 Å². The second-order valence-electron chi connectivity index (χ2n) is 21.0. The Hall–Kier alpha value is -0.980. The van der Waals surface area contributed by atoms with Gasteiger partial charge in [-0.1, -0.05) is 39.3 Å². The molecule has 0 amide bonds. The van der Waals surface area contributed by atoms with E-state index in [-0.39, 0.29) is 47.4 Å². The zero-order chi connectivity index (χ0) is 45.5. The topological polar surface area (TPSA) is 287 Å². The van der Waals surface area contributed by atoms with Crippen molar-refractivity contribution in [3.05, 3.63) is 11.6 Å². The van der Waals surface area contributed by atoms with Crippen LogP contribution in [0.5, 0.6) is 0 Å². The maximum absolute atomic E-state index is 12.0. The van der Waals surface area contributed by atoms with Gasteiger partial charge in [0.2, 0.25) is 0 Å². The third-order valence-electron chi connectivity index (χ3n) is 17.4. The van der Waals surface area contributed by atoms with Gasteiger partial charge in [-0.3, -0.25) is 0 Å². The molecule has 11 N–H and O–H groups in total. The van der Waals surface area contributed by atoms with Gasteiger partial charge in [-0.2, -0.15) is 0 Å². The fraction of sp³-hybridized carbons (Fsp3) is 0.956. The van der Waals surface area contributed by atoms with Crippen molar-refractivity contribution >= 4 is 0 Å². The van der Waals surface area contributed by atoms with Crippen molar-refractivity contribution in [1.82, 2.24) is 0 Å². The predicted molar refractivity (Wildman–Crippen MR) is 218 cm³/mol. The lowest BCUT2D eigenvalue weighted by atomic mass is 9.47. The first-order chi connectivity index (χ1) is 29.8. The minimum atomic E-state index is -1.65. The van der Waals surface area contributed by atoms with E-state index in [1.807, 2.05) is 6.92 Å². The molecule has 4 saturated heterocycles. The summed E-state index contributed by atoms with van der Waals surface area (Å²) in [6, 6.07) is 0. The van der Waals surface area contributed by atoms with Crippen molar-refractivity contribution in [3.8, 4) is 0 Å². The van der Waals surface area contributed by atoms with Crippen LogP contribution >= 0.6 is 0 Å². The van der Waals surface area contributed by atoms with Crippen molar-refractivity contribution in [1.29, 1.82) is 0 Å². The summed E-state index contributed by atoms with van der Waals surface area (Å²) in [6.45, 7) is 9.43. The molecular weight excluding hydrogens is 828 g/mol. The van der Waals surface area contributed by atoms with Gasteiger partial charge in [0.05, 0.1) is 38.1 Å². The third kappa shape index (κ3) is 8.51. The zero-order valence-electron chi connectivity index (χ0n) is 37.1. The minimum absolute atomic E-state index is 0.0148. The van der Waals surface area contributed by atoms with E-state index in [1.54, 1.807) is 0 Å². The average Bonchev–Trinajstić information content (AvgIpc) is 3.70. The second-order valence-corrected chi connectivity index (χ2v) is 21.0. The Bertz CT molecular complexity index is 1600. The van der Waals surface area contributed by atoms with E-state index in [1.165, 1.54) is 12.5 Å². The zero-order valence-corrected chi connectivity index (χ0v) is 37.1. The Kier molecular flexibility index (Phi) is 14.2. The molecule has 4 aliphatic carbocycles. The summed E-state index contributed by atoms with van der Waals surface area (Å²) in [5, 5.41) is 115. The number of ether oxygens (including phenoxy) is 7. The largest absolute Gasteiger partial charge is 0.394 e. The van der Waals surface area contributed by atoms with Gasteiger partial charge >= 0.3 is 0 Å². The molecule has 362 valence electrons. The van der Waals surface area contributed by atoms with Crippen LogP contribution in [0.3, 0.4) is 0 Å². The molecule has 7 fully saturated rings. The monoisotopic (exact) mass is 902 g/mol. The molecule has 0 radical (unpaired) electrons. The second kappa shape index (κ2) is 18.5. The quantitative estimate of drug-likeness (QED) is 0.107. The van der Waals surface area contributed by atoms with Crippen LogP contribution < -0.4 is 0 Å². The maximum atomic E-state index is 12.0. The molecule has 0 spiro atoms. The van der Waals surface area contributed by atoms with Crippen LogP contribution in [0.15, 0.2) is 11.6 Å². The molecule has 18 heteroatoms. The van der Waals surface area contributed by atoms with E-state index >= 15 is 0 Å². The van der Waals surface area contributed by atoms with Crippen LogP contribution in [0.4, 0.5) is 0 Å². The molecule has 0 aromatic rings. The molecule has 0 bridgehead atoms. The lowest BCUT2D eigenvalue weighted by Gasteiger charge is -2.58. The molecule has 3 saturated carbocycles. The number of fused-ring (bicyclic) bond motifs is 7. The Balaban J connectivity index is 0.885. The molecule has 18 nitrogen and oxygen atoms in total. The number of hydrogen-bond acceptors (Lipinski definition) is 18. The fourth-order valence-corrected chi connectivity index (χ4v) is 13.5. The highest BCUT2D eigenvalue weighted by Crippen LogP contribution is 2.70. The highest BCUT2D eigenvalue weighted by Gasteiger charge is 2.68. The predicted octanol–water partition coefficient (Wildman–Crippen LogP) is -0.831. The lowest BCUT2D eigenvalue weighted by molar-refractivity contribution is -0.369. The van der Waals surface area contributed by atoms with Gasteiger partial charge in [0.1, 0.15) is 67.1 Å². The van der Waals surface area contributed by atoms with E-state index in [0.717, 1.165) is 32.1 Å². The Labute approximate surface area is 369 Å². The number of aliphatic hydroxyl groups excluding tert-OH is 10. The molecule has 26 atom stereocenters. The first-order valence-corrected chi connectivity index (χ1v) is 23.4. The van der Waals surface area contributed by atoms with Gasteiger partial charge in [-0.25, -0.2) is 0 Å².